The van der Waals surface area contributed by atoms with Crippen LogP contribution in [0, 0.1) is 0 Å². The van der Waals surface area contributed by atoms with Crippen LogP contribution in [0.5, 0.6) is 0 Å². The van der Waals surface area contributed by atoms with E-state index in [-0.39, 0.29) is 5.54 Å². The first-order chi connectivity index (χ1) is 9.71. The average Bonchev–Trinajstić information content (AvgIpc) is 3.11. The lowest BCUT2D eigenvalue weighted by Crippen LogP contribution is -2.54. The summed E-state index contributed by atoms with van der Waals surface area (Å²) in [6.45, 7) is 9.89. The summed E-state index contributed by atoms with van der Waals surface area (Å²) in [4.78, 5) is 2.66. The molecule has 4 nitrogen and oxygen atoms in total. The van der Waals surface area contributed by atoms with Crippen molar-refractivity contribution in [3.63, 3.8) is 0 Å². The number of hydrogen-bond acceptors (Lipinski definition) is 3. The van der Waals surface area contributed by atoms with Gasteiger partial charge in [-0.05, 0) is 39.9 Å². The fourth-order valence-corrected chi connectivity index (χ4v) is 4.08. The Morgan fingerprint density at radius 2 is 1.95 bits per heavy atom. The topological polar surface area (TPSA) is 33.1 Å². The molecule has 4 heteroatoms. The molecule has 0 aromatic carbocycles. The van der Waals surface area contributed by atoms with Crippen LogP contribution in [0.15, 0.2) is 12.4 Å². The first-order valence-electron chi connectivity index (χ1n) is 8.16. The third-order valence-electron chi connectivity index (χ3n) is 5.00. The van der Waals surface area contributed by atoms with Gasteiger partial charge in [0.2, 0.25) is 0 Å². The number of nitrogens with one attached hydrogen (secondary N) is 1. The highest BCUT2D eigenvalue weighted by molar-refractivity contribution is 5.19. The number of likely N-dealkylation sites (N-methyl/N-ethyl adjacent to an activating group) is 2. The van der Waals surface area contributed by atoms with Crippen molar-refractivity contribution < 1.29 is 0 Å². The Morgan fingerprint density at radius 1 is 1.30 bits per heavy atom. The molecule has 1 aromatic heterocycles. The Morgan fingerprint density at radius 3 is 2.40 bits per heavy atom. The van der Waals surface area contributed by atoms with E-state index in [9.17, 15) is 0 Å². The van der Waals surface area contributed by atoms with Crippen LogP contribution in [0.25, 0.3) is 0 Å². The van der Waals surface area contributed by atoms with E-state index >= 15 is 0 Å². The SMILES string of the molecule is CCN(CC)C1(C(NC)c2cnn(CC)c2)CCCC1. The Bertz CT molecular complexity index is 402. The Labute approximate surface area is 123 Å². The fourth-order valence-electron chi connectivity index (χ4n) is 4.08. The summed E-state index contributed by atoms with van der Waals surface area (Å²) in [5.41, 5.74) is 1.60. The highest BCUT2D eigenvalue weighted by Gasteiger charge is 2.45. The third-order valence-corrected chi connectivity index (χ3v) is 5.00. The fraction of sp³-hybridized carbons (Fsp3) is 0.812. The molecule has 0 bridgehead atoms. The quantitative estimate of drug-likeness (QED) is 0.832. The molecule has 1 aliphatic rings. The molecule has 1 aromatic rings. The molecule has 20 heavy (non-hydrogen) atoms. The number of hydrogen-bond donors (Lipinski definition) is 1. The van der Waals surface area contributed by atoms with Crippen molar-refractivity contribution >= 4 is 0 Å². The summed E-state index contributed by atoms with van der Waals surface area (Å²) in [7, 11) is 2.09. The summed E-state index contributed by atoms with van der Waals surface area (Å²) in [5.74, 6) is 0. The van der Waals surface area contributed by atoms with Crippen molar-refractivity contribution in [3.8, 4) is 0 Å². The maximum Gasteiger partial charge on any atom is 0.0538 e. The van der Waals surface area contributed by atoms with Crippen LogP contribution in [0.2, 0.25) is 0 Å². The van der Waals surface area contributed by atoms with Crippen molar-refractivity contribution in [2.24, 2.45) is 0 Å². The molecule has 1 heterocycles. The monoisotopic (exact) mass is 278 g/mol. The van der Waals surface area contributed by atoms with E-state index in [0.29, 0.717) is 6.04 Å². The standard InChI is InChI=1S/C16H30N4/c1-5-19(6-2)16(10-8-9-11-16)15(17-4)14-12-18-20(7-3)13-14/h12-13,15,17H,5-11H2,1-4H3. The molecule has 114 valence electrons. The predicted molar refractivity (Wildman–Crippen MR) is 83.8 cm³/mol. The van der Waals surface area contributed by atoms with Gasteiger partial charge in [0.05, 0.1) is 12.2 Å². The van der Waals surface area contributed by atoms with Crippen molar-refractivity contribution in [2.45, 2.75) is 64.6 Å². The van der Waals surface area contributed by atoms with Crippen molar-refractivity contribution in [1.82, 2.24) is 20.0 Å². The minimum atomic E-state index is 0.264. The van der Waals surface area contributed by atoms with Crippen molar-refractivity contribution in [2.75, 3.05) is 20.1 Å². The smallest absolute Gasteiger partial charge is 0.0538 e. The Kier molecular flexibility index (Phi) is 5.22. The Balaban J connectivity index is 2.34. The van der Waals surface area contributed by atoms with E-state index in [2.05, 4.69) is 49.3 Å². The second-order valence-electron chi connectivity index (χ2n) is 5.83. The van der Waals surface area contributed by atoms with Crippen LogP contribution in [0.3, 0.4) is 0 Å². The number of aromatic nitrogens is 2. The number of aryl methyl sites for hydroxylation is 1. The van der Waals surface area contributed by atoms with Crippen LogP contribution < -0.4 is 5.32 Å². The van der Waals surface area contributed by atoms with Crippen molar-refractivity contribution in [1.29, 1.82) is 0 Å². The number of rotatable bonds is 7. The molecule has 0 amide bonds. The zero-order valence-electron chi connectivity index (χ0n) is 13.5. The first kappa shape index (κ1) is 15.5. The van der Waals surface area contributed by atoms with Crippen LogP contribution >= 0.6 is 0 Å². The molecular weight excluding hydrogens is 248 g/mol. The summed E-state index contributed by atoms with van der Waals surface area (Å²) < 4.78 is 2.03. The van der Waals surface area contributed by atoms with Gasteiger partial charge in [0.1, 0.15) is 0 Å². The predicted octanol–water partition coefficient (Wildman–Crippen LogP) is 2.82. The second kappa shape index (κ2) is 6.72. The zero-order valence-corrected chi connectivity index (χ0v) is 13.5. The zero-order chi connectivity index (χ0) is 14.6. The lowest BCUT2D eigenvalue weighted by Gasteiger charge is -2.46. The van der Waals surface area contributed by atoms with Crippen LogP contribution in [-0.2, 0) is 6.54 Å². The molecule has 1 aliphatic carbocycles. The van der Waals surface area contributed by atoms with Gasteiger partial charge in [-0.2, -0.15) is 5.10 Å². The maximum atomic E-state index is 4.48. The van der Waals surface area contributed by atoms with Gasteiger partial charge in [-0.25, -0.2) is 0 Å². The second-order valence-corrected chi connectivity index (χ2v) is 5.83. The normalized spacial score (nSPS) is 19.6. The van der Waals surface area contributed by atoms with E-state index in [1.165, 1.54) is 31.2 Å². The summed E-state index contributed by atoms with van der Waals surface area (Å²) in [6.07, 6.45) is 9.53. The van der Waals surface area contributed by atoms with Crippen molar-refractivity contribution in [3.05, 3.63) is 18.0 Å². The minimum absolute atomic E-state index is 0.264. The average molecular weight is 278 g/mol. The summed E-state index contributed by atoms with van der Waals surface area (Å²) >= 11 is 0. The molecule has 0 aliphatic heterocycles. The van der Waals surface area contributed by atoms with Gasteiger partial charge >= 0.3 is 0 Å². The van der Waals surface area contributed by atoms with E-state index in [1.54, 1.807) is 0 Å². The molecule has 1 atom stereocenters. The van der Waals surface area contributed by atoms with E-state index in [0.717, 1.165) is 19.6 Å². The molecule has 0 radical (unpaired) electrons. The maximum absolute atomic E-state index is 4.48. The van der Waals surface area contributed by atoms with E-state index < -0.39 is 0 Å². The van der Waals surface area contributed by atoms with Gasteiger partial charge < -0.3 is 5.32 Å². The molecule has 1 unspecified atom stereocenters. The highest BCUT2D eigenvalue weighted by atomic mass is 15.3. The molecule has 0 saturated heterocycles. The number of nitrogens with zero attached hydrogens (tertiary/aromatic N) is 3. The van der Waals surface area contributed by atoms with E-state index in [1.807, 2.05) is 10.9 Å². The van der Waals surface area contributed by atoms with Gasteiger partial charge in [0.25, 0.3) is 0 Å². The largest absolute Gasteiger partial charge is 0.311 e. The molecule has 1 saturated carbocycles. The van der Waals surface area contributed by atoms with Crippen LogP contribution in [-0.4, -0.2) is 40.4 Å². The van der Waals surface area contributed by atoms with Crippen LogP contribution in [0.4, 0.5) is 0 Å². The van der Waals surface area contributed by atoms with Gasteiger partial charge in [-0.3, -0.25) is 9.58 Å². The van der Waals surface area contributed by atoms with Gasteiger partial charge in [0.15, 0.2) is 0 Å². The Hall–Kier alpha value is -0.870. The molecular formula is C16H30N4. The first-order valence-corrected chi connectivity index (χ1v) is 8.16. The lowest BCUT2D eigenvalue weighted by atomic mass is 9.83. The lowest BCUT2D eigenvalue weighted by molar-refractivity contribution is 0.0655. The molecule has 2 rings (SSSR count). The van der Waals surface area contributed by atoms with E-state index in [4.69, 9.17) is 0 Å². The minimum Gasteiger partial charge on any atom is -0.311 e. The summed E-state index contributed by atoms with van der Waals surface area (Å²) in [5, 5.41) is 8.07. The molecule has 1 N–H and O–H groups in total. The van der Waals surface area contributed by atoms with Gasteiger partial charge in [-0.15, -0.1) is 0 Å². The van der Waals surface area contributed by atoms with Gasteiger partial charge in [-0.1, -0.05) is 26.7 Å². The highest BCUT2D eigenvalue weighted by Crippen LogP contribution is 2.44. The summed E-state index contributed by atoms with van der Waals surface area (Å²) in [6, 6.07) is 0.380. The van der Waals surface area contributed by atoms with Crippen LogP contribution in [0.1, 0.15) is 58.1 Å². The third kappa shape index (κ3) is 2.63. The molecule has 1 fully saturated rings. The van der Waals surface area contributed by atoms with Gasteiger partial charge in [0, 0.05) is 23.8 Å². The molecule has 0 spiro atoms.